The Morgan fingerprint density at radius 2 is 0.929 bits per heavy atom. The van der Waals surface area contributed by atoms with Gasteiger partial charge in [-0.15, -0.1) is 0 Å². The molecule has 2 heteroatoms. The van der Waals surface area contributed by atoms with Gasteiger partial charge in [0, 0.05) is 0 Å². The van der Waals surface area contributed by atoms with Gasteiger partial charge in [0.1, 0.15) is 0 Å². The molecule has 232 valence electrons. The fraction of sp³-hybridized carbons (Fsp3) is 0.600. The molecule has 2 aromatic carbocycles. The Kier molecular flexibility index (Phi) is 18.8. The van der Waals surface area contributed by atoms with E-state index in [2.05, 4.69) is 90.1 Å². The summed E-state index contributed by atoms with van der Waals surface area (Å²) >= 11 is 0. The lowest BCUT2D eigenvalue weighted by Gasteiger charge is -2.11. The van der Waals surface area contributed by atoms with E-state index in [0.717, 1.165) is 67.7 Å². The number of aliphatic imine (C=N–C) groups is 2. The molecular formula is C40H62N2. The Hall–Kier alpha value is -2.48. The number of unbranched alkanes of at least 4 members (excludes halogenated alkanes) is 11. The van der Waals surface area contributed by atoms with Gasteiger partial charge in [-0.1, -0.05) is 124 Å². The quantitative estimate of drug-likeness (QED) is 0.0993. The summed E-state index contributed by atoms with van der Waals surface area (Å²) in [5.74, 6) is 0. The Morgan fingerprint density at radius 1 is 0.500 bits per heavy atom. The number of nitrogens with zero attached hydrogens (tertiary/aromatic N) is 2. The standard InChI is InChI=1S/C40H62N2/c1-7-13-15-16-17-18-19-20-21-22-24-26-40(42-38-31-35(11-5)28-36(12-6)32-38)39(25-23-14-8-2)41-37-29-33(9-3)27-34(10-4)30-37/h24,26-32H,7-23,25H2,1-6H3. The van der Waals surface area contributed by atoms with Gasteiger partial charge in [-0.2, -0.15) is 0 Å². The average Bonchev–Trinajstić information content (AvgIpc) is 3.02. The summed E-state index contributed by atoms with van der Waals surface area (Å²) in [7, 11) is 0. The summed E-state index contributed by atoms with van der Waals surface area (Å²) in [6.07, 6.45) is 26.7. The van der Waals surface area contributed by atoms with E-state index in [1.54, 1.807) is 0 Å². The van der Waals surface area contributed by atoms with E-state index in [1.165, 1.54) is 92.9 Å². The van der Waals surface area contributed by atoms with Gasteiger partial charge in [-0.05, 0) is 104 Å². The molecule has 0 aromatic heterocycles. The van der Waals surface area contributed by atoms with Crippen LogP contribution in [-0.4, -0.2) is 11.4 Å². The lowest BCUT2D eigenvalue weighted by Crippen LogP contribution is -2.12. The number of hydrogen-bond donors (Lipinski definition) is 0. The fourth-order valence-electron chi connectivity index (χ4n) is 5.48. The van der Waals surface area contributed by atoms with E-state index in [4.69, 9.17) is 9.98 Å². The van der Waals surface area contributed by atoms with Crippen molar-refractivity contribution in [3.05, 3.63) is 70.8 Å². The third-order valence-corrected chi connectivity index (χ3v) is 8.28. The first-order chi connectivity index (χ1) is 20.6. The predicted molar refractivity (Wildman–Crippen MR) is 190 cm³/mol. The molecule has 0 radical (unpaired) electrons. The zero-order valence-electron chi connectivity index (χ0n) is 28.2. The predicted octanol–water partition coefficient (Wildman–Crippen LogP) is 12.8. The van der Waals surface area contributed by atoms with Crippen LogP contribution in [0.1, 0.15) is 154 Å². The normalized spacial score (nSPS) is 12.5. The van der Waals surface area contributed by atoms with Crippen molar-refractivity contribution >= 4 is 22.8 Å². The third kappa shape index (κ3) is 14.1. The molecule has 0 heterocycles. The minimum absolute atomic E-state index is 0.959. The third-order valence-electron chi connectivity index (χ3n) is 8.28. The van der Waals surface area contributed by atoms with Crippen LogP contribution in [0.25, 0.3) is 0 Å². The summed E-state index contributed by atoms with van der Waals surface area (Å²) in [6, 6.07) is 13.7. The van der Waals surface area contributed by atoms with Crippen LogP contribution in [-0.2, 0) is 25.7 Å². The Morgan fingerprint density at radius 3 is 1.40 bits per heavy atom. The van der Waals surface area contributed by atoms with Gasteiger partial charge >= 0.3 is 0 Å². The molecule has 0 saturated heterocycles. The summed E-state index contributed by atoms with van der Waals surface area (Å²) in [5.41, 5.74) is 9.76. The largest absolute Gasteiger partial charge is 0.251 e. The minimum Gasteiger partial charge on any atom is -0.251 e. The Bertz CT molecular complexity index is 1060. The topological polar surface area (TPSA) is 24.7 Å². The highest BCUT2D eigenvalue weighted by Gasteiger charge is 2.10. The summed E-state index contributed by atoms with van der Waals surface area (Å²) in [6.45, 7) is 13.5. The molecule has 0 bridgehead atoms. The lowest BCUT2D eigenvalue weighted by molar-refractivity contribution is 0.566. The number of benzene rings is 2. The van der Waals surface area contributed by atoms with Crippen LogP contribution < -0.4 is 0 Å². The summed E-state index contributed by atoms with van der Waals surface area (Å²) in [5, 5.41) is 0. The van der Waals surface area contributed by atoms with Crippen molar-refractivity contribution in [1.82, 2.24) is 0 Å². The van der Waals surface area contributed by atoms with E-state index in [-0.39, 0.29) is 0 Å². The minimum atomic E-state index is 0.959. The van der Waals surface area contributed by atoms with Gasteiger partial charge < -0.3 is 0 Å². The van der Waals surface area contributed by atoms with Crippen LogP contribution in [0.4, 0.5) is 11.4 Å². The van der Waals surface area contributed by atoms with Crippen LogP contribution in [0.3, 0.4) is 0 Å². The van der Waals surface area contributed by atoms with Crippen molar-refractivity contribution in [3.63, 3.8) is 0 Å². The average molecular weight is 571 g/mol. The molecule has 0 atom stereocenters. The molecule has 0 aliphatic carbocycles. The first kappa shape index (κ1) is 35.7. The molecule has 0 aliphatic heterocycles. The maximum absolute atomic E-state index is 5.33. The maximum Gasteiger partial charge on any atom is 0.0848 e. The van der Waals surface area contributed by atoms with Crippen LogP contribution >= 0.6 is 0 Å². The second-order valence-electron chi connectivity index (χ2n) is 12.0. The van der Waals surface area contributed by atoms with Crippen LogP contribution in [0.15, 0.2) is 58.5 Å². The first-order valence-corrected chi connectivity index (χ1v) is 17.6. The van der Waals surface area contributed by atoms with E-state index >= 15 is 0 Å². The van der Waals surface area contributed by atoms with E-state index in [9.17, 15) is 0 Å². The van der Waals surface area contributed by atoms with Crippen LogP contribution in [0, 0.1) is 0 Å². The monoisotopic (exact) mass is 570 g/mol. The molecule has 0 N–H and O–H groups in total. The smallest absolute Gasteiger partial charge is 0.0848 e. The molecular weight excluding hydrogens is 508 g/mol. The molecule has 0 aliphatic rings. The molecule has 2 nitrogen and oxygen atoms in total. The fourth-order valence-corrected chi connectivity index (χ4v) is 5.48. The van der Waals surface area contributed by atoms with Crippen molar-refractivity contribution in [3.8, 4) is 0 Å². The molecule has 42 heavy (non-hydrogen) atoms. The van der Waals surface area contributed by atoms with Crippen LogP contribution in [0.2, 0.25) is 0 Å². The summed E-state index contributed by atoms with van der Waals surface area (Å²) in [4.78, 5) is 10.7. The molecule has 0 fully saturated rings. The van der Waals surface area contributed by atoms with Crippen molar-refractivity contribution < 1.29 is 0 Å². The van der Waals surface area contributed by atoms with Crippen LogP contribution in [0.5, 0.6) is 0 Å². The second kappa shape index (κ2) is 22.1. The highest BCUT2D eigenvalue weighted by atomic mass is 14.8. The van der Waals surface area contributed by atoms with Gasteiger partial charge in [-0.25, -0.2) is 4.99 Å². The molecule has 0 unspecified atom stereocenters. The Balaban J connectivity index is 2.34. The van der Waals surface area contributed by atoms with Gasteiger partial charge in [-0.3, -0.25) is 4.99 Å². The zero-order valence-corrected chi connectivity index (χ0v) is 28.2. The zero-order chi connectivity index (χ0) is 30.4. The van der Waals surface area contributed by atoms with Gasteiger partial charge in [0.15, 0.2) is 0 Å². The number of aryl methyl sites for hydroxylation is 4. The second-order valence-corrected chi connectivity index (χ2v) is 12.0. The van der Waals surface area contributed by atoms with Crippen molar-refractivity contribution in [1.29, 1.82) is 0 Å². The van der Waals surface area contributed by atoms with Gasteiger partial charge in [0.05, 0.1) is 22.8 Å². The molecule has 0 spiro atoms. The Labute approximate surface area is 260 Å². The van der Waals surface area contributed by atoms with E-state index in [0.29, 0.717) is 0 Å². The van der Waals surface area contributed by atoms with E-state index in [1.807, 2.05) is 0 Å². The number of hydrogen-bond acceptors (Lipinski definition) is 2. The first-order valence-electron chi connectivity index (χ1n) is 17.6. The number of allylic oxidation sites excluding steroid dienone is 2. The van der Waals surface area contributed by atoms with Crippen molar-refractivity contribution in [2.45, 2.75) is 157 Å². The van der Waals surface area contributed by atoms with Gasteiger partial charge in [0.25, 0.3) is 0 Å². The molecule has 0 saturated carbocycles. The van der Waals surface area contributed by atoms with Gasteiger partial charge in [0.2, 0.25) is 0 Å². The molecule has 0 amide bonds. The summed E-state index contributed by atoms with van der Waals surface area (Å²) < 4.78 is 0. The highest BCUT2D eigenvalue weighted by Crippen LogP contribution is 2.24. The SMILES string of the molecule is CCCCCCCCCCCC=CC(=Nc1cc(CC)cc(CC)c1)C(CCCCC)=Nc1cc(CC)cc(CC)c1. The maximum atomic E-state index is 5.33. The van der Waals surface area contributed by atoms with Crippen molar-refractivity contribution in [2.75, 3.05) is 0 Å². The number of rotatable bonds is 22. The molecule has 2 aromatic rings. The highest BCUT2D eigenvalue weighted by molar-refractivity contribution is 6.47. The van der Waals surface area contributed by atoms with Crippen molar-refractivity contribution in [2.24, 2.45) is 9.98 Å². The van der Waals surface area contributed by atoms with E-state index < -0.39 is 0 Å². The molecule has 2 rings (SSSR count). The lowest BCUT2D eigenvalue weighted by atomic mass is 10.0.